The number of rotatable bonds is 30. The second-order valence-corrected chi connectivity index (χ2v) is 19.1. The van der Waals surface area contributed by atoms with Gasteiger partial charge in [0.1, 0.15) is 24.2 Å². The molecule has 7 atom stereocenters. The Kier molecular flexibility index (Phi) is 20.9. The van der Waals surface area contributed by atoms with Gasteiger partial charge in [0.15, 0.2) is 11.5 Å². The summed E-state index contributed by atoms with van der Waals surface area (Å²) in [4.78, 5) is 35.8. The van der Waals surface area contributed by atoms with Crippen LogP contribution in [-0.2, 0) is 22.9 Å². The van der Waals surface area contributed by atoms with Gasteiger partial charge in [0.25, 0.3) is 0 Å². The van der Waals surface area contributed by atoms with E-state index in [1.165, 1.54) is 6.33 Å². The molecule has 12 nitrogen and oxygen atoms in total. The molecule has 4 N–H and O–H groups in total. The first-order chi connectivity index (χ1) is 25.1. The predicted octanol–water partition coefficient (Wildman–Crippen LogP) is 10.9. The van der Waals surface area contributed by atoms with Crippen molar-refractivity contribution in [2.75, 3.05) is 12.3 Å². The van der Waals surface area contributed by atoms with Crippen molar-refractivity contribution in [2.45, 2.75) is 205 Å². The molecule has 52 heavy (non-hydrogen) atoms. The van der Waals surface area contributed by atoms with E-state index < -0.39 is 44.9 Å². The number of nitrogens with two attached hydrogens (primary N) is 1. The summed E-state index contributed by atoms with van der Waals surface area (Å²) in [5, 5.41) is 0. The first-order valence-electron chi connectivity index (χ1n) is 20.6. The minimum absolute atomic E-state index is 0.209. The molecule has 0 amide bonds. The highest BCUT2D eigenvalue weighted by Crippen LogP contribution is 2.56. The second kappa shape index (κ2) is 24.2. The summed E-state index contributed by atoms with van der Waals surface area (Å²) >= 11 is 0. The van der Waals surface area contributed by atoms with Gasteiger partial charge in [0.05, 0.1) is 30.4 Å². The molecule has 1 saturated heterocycles. The number of aromatic nitrogens is 4. The van der Waals surface area contributed by atoms with E-state index in [-0.39, 0.29) is 18.8 Å². The van der Waals surface area contributed by atoms with Crippen molar-refractivity contribution in [1.29, 1.82) is 0 Å². The summed E-state index contributed by atoms with van der Waals surface area (Å²) in [6.07, 6.45) is 22.0. The van der Waals surface area contributed by atoms with Crippen LogP contribution in [0.1, 0.15) is 182 Å². The van der Waals surface area contributed by atoms with E-state index in [0.717, 1.165) is 116 Å². The van der Waals surface area contributed by atoms with Crippen LogP contribution in [0.25, 0.3) is 11.2 Å². The van der Waals surface area contributed by atoms with E-state index >= 15 is 0 Å². The number of fused-ring (bicyclic) bond motifs is 1. The van der Waals surface area contributed by atoms with Crippen molar-refractivity contribution in [1.82, 2.24) is 19.5 Å². The van der Waals surface area contributed by atoms with Crippen LogP contribution in [0.2, 0.25) is 0 Å². The normalized spacial score (nSPS) is 21.3. The maximum absolute atomic E-state index is 14.2. The van der Waals surface area contributed by atoms with E-state index in [0.29, 0.717) is 36.8 Å². The Balaban J connectivity index is 1.82. The maximum Gasteiger partial charge on any atom is 0.331 e. The smallest absolute Gasteiger partial charge is 0.331 e. The van der Waals surface area contributed by atoms with E-state index in [1.54, 1.807) is 10.9 Å². The number of nitrogens with zero attached hydrogens (tertiary/aromatic N) is 4. The fourth-order valence-electron chi connectivity index (χ4n) is 7.30. The zero-order valence-electron chi connectivity index (χ0n) is 32.7. The number of imidazole rings is 1. The van der Waals surface area contributed by atoms with Gasteiger partial charge < -0.3 is 29.3 Å². The monoisotopic (exact) mass is 771 g/mol. The third-order valence-electron chi connectivity index (χ3n) is 10.6. The molecule has 0 spiro atoms. The minimum Gasteiger partial charge on any atom is -0.382 e. The van der Waals surface area contributed by atoms with Gasteiger partial charge >= 0.3 is 15.2 Å². The molecule has 1 aliphatic rings. The standard InChI is InChI=1S/C38H71N5O7P2/c1-5-9-13-17-21-24-31(23-19-15-11-7-3)51(44,45)48-28-34-33(27-35(49-34)43-30-42-36-37(39)40-29-41-38(36)43)50-52(46,47)32(25-20-16-12-8-4)26-22-18-14-10-6-2/h29-35H,5-28H2,1-4H3,(H,44,45)(H,46,47)(H2,39,40,41)/t31?,32?,33-,34+,35+/m0/s1. The number of nitrogen functional groups attached to an aromatic ring is 1. The zero-order chi connectivity index (χ0) is 37.8. The first kappa shape index (κ1) is 45.0. The van der Waals surface area contributed by atoms with Crippen LogP contribution in [0.5, 0.6) is 0 Å². The molecular weight excluding hydrogens is 700 g/mol. The van der Waals surface area contributed by atoms with Gasteiger partial charge in [-0.25, -0.2) is 15.0 Å². The van der Waals surface area contributed by atoms with Crippen LogP contribution in [0.4, 0.5) is 5.82 Å². The van der Waals surface area contributed by atoms with Crippen molar-refractivity contribution >= 4 is 32.2 Å². The highest BCUT2D eigenvalue weighted by atomic mass is 31.2. The Labute approximate surface area is 313 Å². The lowest BCUT2D eigenvalue weighted by Crippen LogP contribution is -2.30. The van der Waals surface area contributed by atoms with Gasteiger partial charge in [-0.2, -0.15) is 0 Å². The summed E-state index contributed by atoms with van der Waals surface area (Å²) in [5.74, 6) is 0.236. The molecule has 1 fully saturated rings. The molecule has 0 radical (unpaired) electrons. The third kappa shape index (κ3) is 14.7. The van der Waals surface area contributed by atoms with E-state index in [9.17, 15) is 18.9 Å². The van der Waals surface area contributed by atoms with Crippen LogP contribution in [0.3, 0.4) is 0 Å². The Morgan fingerprint density at radius 2 is 1.23 bits per heavy atom. The molecule has 14 heteroatoms. The fourth-order valence-corrected chi connectivity index (χ4v) is 10.7. The first-order valence-corrected chi connectivity index (χ1v) is 23.9. The number of anilines is 1. The van der Waals surface area contributed by atoms with Crippen molar-refractivity contribution in [2.24, 2.45) is 0 Å². The Morgan fingerprint density at radius 3 is 1.75 bits per heavy atom. The molecule has 2 aromatic heterocycles. The Bertz CT molecular complexity index is 1360. The zero-order valence-corrected chi connectivity index (χ0v) is 34.5. The van der Waals surface area contributed by atoms with Gasteiger partial charge in [0.2, 0.25) is 0 Å². The summed E-state index contributed by atoms with van der Waals surface area (Å²) in [6.45, 7) is 8.42. The highest BCUT2D eigenvalue weighted by Gasteiger charge is 2.45. The topological polar surface area (TPSA) is 172 Å². The third-order valence-corrected chi connectivity index (χ3v) is 14.5. The average Bonchev–Trinajstić information content (AvgIpc) is 3.73. The van der Waals surface area contributed by atoms with Gasteiger partial charge in [0, 0.05) is 6.42 Å². The molecule has 0 bridgehead atoms. The summed E-state index contributed by atoms with van der Waals surface area (Å²) in [5.41, 5.74) is 5.99. The van der Waals surface area contributed by atoms with E-state index in [1.807, 2.05) is 0 Å². The summed E-state index contributed by atoms with van der Waals surface area (Å²) in [6, 6.07) is 0. The molecule has 3 rings (SSSR count). The van der Waals surface area contributed by atoms with E-state index in [2.05, 4.69) is 42.6 Å². The summed E-state index contributed by atoms with van der Waals surface area (Å²) in [7, 11) is -8.17. The quantitative estimate of drug-likeness (QED) is 0.0509. The lowest BCUT2D eigenvalue weighted by atomic mass is 10.0. The molecule has 3 heterocycles. The van der Waals surface area contributed by atoms with Crippen molar-refractivity contribution in [3.05, 3.63) is 12.7 Å². The lowest BCUT2D eigenvalue weighted by Gasteiger charge is -2.28. The molecule has 0 aromatic carbocycles. The predicted molar refractivity (Wildman–Crippen MR) is 211 cm³/mol. The number of unbranched alkanes of at least 4 members (excludes halogenated alkanes) is 14. The molecule has 2 aromatic rings. The lowest BCUT2D eigenvalue weighted by molar-refractivity contribution is -0.0375. The van der Waals surface area contributed by atoms with Crippen LogP contribution in [0.15, 0.2) is 12.7 Å². The molecule has 300 valence electrons. The van der Waals surface area contributed by atoms with Gasteiger partial charge in [-0.3, -0.25) is 13.7 Å². The number of hydrogen-bond acceptors (Lipinski definition) is 9. The van der Waals surface area contributed by atoms with Crippen LogP contribution >= 0.6 is 15.2 Å². The molecule has 0 saturated carbocycles. The van der Waals surface area contributed by atoms with E-state index in [4.69, 9.17) is 19.5 Å². The van der Waals surface area contributed by atoms with Crippen molar-refractivity contribution in [3.8, 4) is 0 Å². The average molecular weight is 772 g/mol. The maximum atomic E-state index is 14.2. The second-order valence-electron chi connectivity index (χ2n) is 14.9. The molecule has 1 aliphatic heterocycles. The SMILES string of the molecule is CCCCCCCC(CCCCCC)P(=O)(O)OC[C@H]1O[C@@H](n2cnc3c(N)ncnc32)C[C@@H]1OP(=O)(O)C(CCCCCC)CCCCCCC. The number of hydrogen-bond donors (Lipinski definition) is 3. The highest BCUT2D eigenvalue weighted by molar-refractivity contribution is 7.53. The van der Waals surface area contributed by atoms with Gasteiger partial charge in [-0.05, 0) is 25.7 Å². The Hall–Kier alpha value is -1.39. The summed E-state index contributed by atoms with van der Waals surface area (Å²) < 4.78 is 48.5. The van der Waals surface area contributed by atoms with Gasteiger partial charge in [-0.15, -0.1) is 0 Å². The molecule has 4 unspecified atom stereocenters. The van der Waals surface area contributed by atoms with Gasteiger partial charge in [-0.1, -0.05) is 143 Å². The fraction of sp³-hybridized carbons (Fsp3) is 0.868. The molecular formula is C38H71N5O7P2. The number of ether oxygens (including phenoxy) is 1. The molecule has 0 aliphatic carbocycles. The van der Waals surface area contributed by atoms with Crippen LogP contribution in [0, 0.1) is 0 Å². The van der Waals surface area contributed by atoms with Crippen molar-refractivity contribution < 1.29 is 32.7 Å². The minimum atomic E-state index is -4.12. The van der Waals surface area contributed by atoms with Crippen LogP contribution < -0.4 is 5.73 Å². The largest absolute Gasteiger partial charge is 0.382 e. The van der Waals surface area contributed by atoms with Crippen LogP contribution in [-0.4, -0.2) is 59.4 Å². The Morgan fingerprint density at radius 1 is 0.750 bits per heavy atom. The van der Waals surface area contributed by atoms with Crippen molar-refractivity contribution in [3.63, 3.8) is 0 Å².